The van der Waals surface area contributed by atoms with Gasteiger partial charge in [-0.1, -0.05) is 0 Å². The van der Waals surface area contributed by atoms with E-state index in [4.69, 9.17) is 4.74 Å². The van der Waals surface area contributed by atoms with Gasteiger partial charge in [0.25, 0.3) is 0 Å². The van der Waals surface area contributed by atoms with Crippen LogP contribution in [-0.4, -0.2) is 30.1 Å². The molecule has 1 aromatic heterocycles. The Labute approximate surface area is 102 Å². The average molecular weight is 234 g/mol. The highest BCUT2D eigenvalue weighted by Crippen LogP contribution is 2.32. The second kappa shape index (κ2) is 4.35. The highest BCUT2D eigenvalue weighted by atomic mass is 16.5. The molecule has 1 aliphatic heterocycles. The van der Waals surface area contributed by atoms with Crippen molar-refractivity contribution in [2.75, 3.05) is 18.6 Å². The van der Waals surface area contributed by atoms with Crippen LogP contribution >= 0.6 is 0 Å². The van der Waals surface area contributed by atoms with E-state index in [-0.39, 0.29) is 11.5 Å². The number of esters is 1. The molecule has 1 aliphatic rings. The molecule has 1 aromatic rings. The van der Waals surface area contributed by atoms with Crippen LogP contribution in [-0.2, 0) is 4.74 Å². The topological polar surface area (TPSA) is 42.4 Å². The third-order valence-corrected chi connectivity index (χ3v) is 3.34. The SMILES string of the molecule is COC(=O)c1ccnc(N2CCCC2(C)C)c1. The van der Waals surface area contributed by atoms with Gasteiger partial charge in [0.2, 0.25) is 0 Å². The van der Waals surface area contributed by atoms with Gasteiger partial charge in [0.05, 0.1) is 12.7 Å². The zero-order valence-electron chi connectivity index (χ0n) is 10.6. The molecule has 0 aliphatic carbocycles. The minimum absolute atomic E-state index is 0.113. The monoisotopic (exact) mass is 234 g/mol. The van der Waals surface area contributed by atoms with Gasteiger partial charge in [0, 0.05) is 18.3 Å². The maximum absolute atomic E-state index is 11.5. The maximum atomic E-state index is 11.5. The van der Waals surface area contributed by atoms with E-state index in [1.54, 1.807) is 18.3 Å². The molecule has 0 saturated carbocycles. The van der Waals surface area contributed by atoms with Crippen molar-refractivity contribution in [2.45, 2.75) is 32.2 Å². The summed E-state index contributed by atoms with van der Waals surface area (Å²) in [6.07, 6.45) is 3.98. The smallest absolute Gasteiger partial charge is 0.338 e. The third kappa shape index (κ3) is 2.25. The van der Waals surface area contributed by atoms with E-state index in [0.717, 1.165) is 25.2 Å². The molecular weight excluding hydrogens is 216 g/mol. The molecule has 1 fully saturated rings. The number of aromatic nitrogens is 1. The number of carbonyl (C=O) groups is 1. The summed E-state index contributed by atoms with van der Waals surface area (Å²) >= 11 is 0. The molecule has 0 bridgehead atoms. The largest absolute Gasteiger partial charge is 0.465 e. The van der Waals surface area contributed by atoms with Crippen LogP contribution in [0.4, 0.5) is 5.82 Å². The summed E-state index contributed by atoms with van der Waals surface area (Å²) in [4.78, 5) is 18.1. The normalized spacial score (nSPS) is 18.2. The second-order valence-electron chi connectivity index (χ2n) is 4.96. The quantitative estimate of drug-likeness (QED) is 0.736. The van der Waals surface area contributed by atoms with Gasteiger partial charge < -0.3 is 9.64 Å². The van der Waals surface area contributed by atoms with Gasteiger partial charge in [-0.25, -0.2) is 9.78 Å². The molecule has 2 rings (SSSR count). The van der Waals surface area contributed by atoms with E-state index in [2.05, 4.69) is 23.7 Å². The minimum Gasteiger partial charge on any atom is -0.465 e. The van der Waals surface area contributed by atoms with Crippen LogP contribution in [0.2, 0.25) is 0 Å². The lowest BCUT2D eigenvalue weighted by atomic mass is 10.0. The molecule has 0 aromatic carbocycles. The number of hydrogen-bond donors (Lipinski definition) is 0. The Balaban J connectivity index is 2.30. The van der Waals surface area contributed by atoms with Gasteiger partial charge in [-0.2, -0.15) is 0 Å². The number of rotatable bonds is 2. The molecule has 0 spiro atoms. The summed E-state index contributed by atoms with van der Waals surface area (Å²) in [5, 5.41) is 0. The Bertz CT molecular complexity index is 429. The Morgan fingerprint density at radius 2 is 2.29 bits per heavy atom. The first kappa shape index (κ1) is 11.9. The number of carbonyl (C=O) groups excluding carboxylic acids is 1. The zero-order valence-corrected chi connectivity index (χ0v) is 10.6. The fraction of sp³-hybridized carbons (Fsp3) is 0.538. The maximum Gasteiger partial charge on any atom is 0.338 e. The Hall–Kier alpha value is -1.58. The Kier molecular flexibility index (Phi) is 3.05. The van der Waals surface area contributed by atoms with Crippen molar-refractivity contribution >= 4 is 11.8 Å². The van der Waals surface area contributed by atoms with Crippen molar-refractivity contribution in [1.82, 2.24) is 4.98 Å². The van der Waals surface area contributed by atoms with Crippen molar-refractivity contribution in [3.63, 3.8) is 0 Å². The summed E-state index contributed by atoms with van der Waals surface area (Å²) in [7, 11) is 1.39. The molecule has 0 radical (unpaired) electrons. The third-order valence-electron chi connectivity index (χ3n) is 3.34. The van der Waals surface area contributed by atoms with Crippen molar-refractivity contribution in [3.05, 3.63) is 23.9 Å². The van der Waals surface area contributed by atoms with Gasteiger partial charge >= 0.3 is 5.97 Å². The van der Waals surface area contributed by atoms with Crippen LogP contribution in [0, 0.1) is 0 Å². The van der Waals surface area contributed by atoms with Gasteiger partial charge in [-0.15, -0.1) is 0 Å². The Morgan fingerprint density at radius 1 is 1.53 bits per heavy atom. The molecule has 4 heteroatoms. The van der Waals surface area contributed by atoms with E-state index in [9.17, 15) is 4.79 Å². The molecule has 0 amide bonds. The first-order valence-electron chi connectivity index (χ1n) is 5.86. The van der Waals surface area contributed by atoms with Crippen molar-refractivity contribution in [1.29, 1.82) is 0 Å². The fourth-order valence-corrected chi connectivity index (χ4v) is 2.34. The molecular formula is C13H18N2O2. The lowest BCUT2D eigenvalue weighted by Gasteiger charge is -2.32. The highest BCUT2D eigenvalue weighted by molar-refractivity contribution is 5.90. The van der Waals surface area contributed by atoms with Crippen LogP contribution in [0.1, 0.15) is 37.0 Å². The van der Waals surface area contributed by atoms with E-state index in [0.29, 0.717) is 5.56 Å². The Morgan fingerprint density at radius 3 is 2.88 bits per heavy atom. The average Bonchev–Trinajstić information content (AvgIpc) is 2.68. The second-order valence-corrected chi connectivity index (χ2v) is 4.96. The number of methoxy groups -OCH3 is 1. The summed E-state index contributed by atoms with van der Waals surface area (Å²) in [6, 6.07) is 3.48. The number of hydrogen-bond acceptors (Lipinski definition) is 4. The van der Waals surface area contributed by atoms with Crippen LogP contribution in [0.15, 0.2) is 18.3 Å². The number of nitrogens with zero attached hydrogens (tertiary/aromatic N) is 2. The van der Waals surface area contributed by atoms with E-state index >= 15 is 0 Å². The van der Waals surface area contributed by atoms with Crippen molar-refractivity contribution in [2.24, 2.45) is 0 Å². The number of anilines is 1. The predicted molar refractivity (Wildman–Crippen MR) is 66.2 cm³/mol. The summed E-state index contributed by atoms with van der Waals surface area (Å²) in [6.45, 7) is 5.39. The van der Waals surface area contributed by atoms with Crippen LogP contribution in [0.25, 0.3) is 0 Å². The van der Waals surface area contributed by atoms with Gasteiger partial charge in [0.1, 0.15) is 5.82 Å². The van der Waals surface area contributed by atoms with Crippen LogP contribution in [0.5, 0.6) is 0 Å². The predicted octanol–water partition coefficient (Wildman–Crippen LogP) is 2.25. The molecule has 92 valence electrons. The molecule has 4 nitrogen and oxygen atoms in total. The summed E-state index contributed by atoms with van der Waals surface area (Å²) in [5.74, 6) is 0.543. The highest BCUT2D eigenvalue weighted by Gasteiger charge is 2.32. The van der Waals surface area contributed by atoms with Crippen molar-refractivity contribution in [3.8, 4) is 0 Å². The molecule has 0 unspecified atom stereocenters. The number of pyridine rings is 1. The molecule has 0 atom stereocenters. The van der Waals surface area contributed by atoms with E-state index in [1.165, 1.54) is 7.11 Å². The van der Waals surface area contributed by atoms with E-state index < -0.39 is 0 Å². The van der Waals surface area contributed by atoms with Crippen molar-refractivity contribution < 1.29 is 9.53 Å². The molecule has 2 heterocycles. The summed E-state index contributed by atoms with van der Waals surface area (Å²) in [5.41, 5.74) is 0.669. The van der Waals surface area contributed by atoms with Crippen LogP contribution < -0.4 is 4.90 Å². The van der Waals surface area contributed by atoms with Gasteiger partial charge in [-0.05, 0) is 38.8 Å². The summed E-state index contributed by atoms with van der Waals surface area (Å²) < 4.78 is 4.72. The fourth-order valence-electron chi connectivity index (χ4n) is 2.34. The first-order chi connectivity index (χ1) is 8.04. The van der Waals surface area contributed by atoms with Crippen LogP contribution in [0.3, 0.4) is 0 Å². The lowest BCUT2D eigenvalue weighted by molar-refractivity contribution is 0.0600. The molecule has 1 saturated heterocycles. The lowest BCUT2D eigenvalue weighted by Crippen LogP contribution is -2.38. The van der Waals surface area contributed by atoms with Gasteiger partial charge in [0.15, 0.2) is 0 Å². The minimum atomic E-state index is -0.314. The number of ether oxygens (including phenoxy) is 1. The van der Waals surface area contributed by atoms with E-state index in [1.807, 2.05) is 0 Å². The van der Waals surface area contributed by atoms with Gasteiger partial charge in [-0.3, -0.25) is 0 Å². The first-order valence-corrected chi connectivity index (χ1v) is 5.86. The zero-order chi connectivity index (χ0) is 12.5. The standard InChI is InChI=1S/C13H18N2O2/c1-13(2)6-4-8-15(13)11-9-10(5-7-14-11)12(16)17-3/h5,7,9H,4,6,8H2,1-3H3. The molecule has 17 heavy (non-hydrogen) atoms. The molecule has 0 N–H and O–H groups in total.